The highest BCUT2D eigenvalue weighted by Gasteiger charge is 2.14. The normalized spacial score (nSPS) is 10.5. The van der Waals surface area contributed by atoms with Crippen molar-refractivity contribution in [2.45, 2.75) is 0 Å². The number of ether oxygens (including phenoxy) is 5. The molecule has 0 aliphatic heterocycles. The summed E-state index contributed by atoms with van der Waals surface area (Å²) in [6.07, 6.45) is 3.06. The van der Waals surface area contributed by atoms with E-state index in [2.05, 4.69) is 0 Å². The molecule has 3 aromatic rings. The summed E-state index contributed by atoms with van der Waals surface area (Å²) >= 11 is 0. The van der Waals surface area contributed by atoms with E-state index in [0.29, 0.717) is 39.7 Å². The van der Waals surface area contributed by atoms with Crippen LogP contribution in [0.25, 0.3) is 6.08 Å². The number of allylic oxidation sites excluding steroid dienone is 1. The van der Waals surface area contributed by atoms with Crippen molar-refractivity contribution in [3.63, 3.8) is 0 Å². The second-order valence-corrected chi connectivity index (χ2v) is 6.80. The largest absolute Gasteiger partial charge is 0.497 e. The molecule has 0 atom stereocenters. The zero-order valence-electron chi connectivity index (χ0n) is 18.8. The Labute approximate surface area is 192 Å². The molecular weight excluding hydrogens is 424 g/mol. The Hall–Kier alpha value is -4.26. The maximum absolute atomic E-state index is 12.7. The molecule has 0 spiro atoms. The number of methoxy groups -OCH3 is 4. The fourth-order valence-electron chi connectivity index (χ4n) is 3.05. The summed E-state index contributed by atoms with van der Waals surface area (Å²) < 4.78 is 26.5. The highest BCUT2D eigenvalue weighted by Crippen LogP contribution is 2.30. The molecule has 0 bridgehead atoms. The number of hydrogen-bond donors (Lipinski definition) is 0. The lowest BCUT2D eigenvalue weighted by Crippen LogP contribution is -2.09. The molecule has 170 valence electrons. The van der Waals surface area contributed by atoms with E-state index in [-0.39, 0.29) is 11.5 Å². The predicted molar refractivity (Wildman–Crippen MR) is 124 cm³/mol. The molecule has 0 fully saturated rings. The van der Waals surface area contributed by atoms with Crippen molar-refractivity contribution < 1.29 is 33.3 Å². The Morgan fingerprint density at radius 1 is 0.697 bits per heavy atom. The number of esters is 1. The van der Waals surface area contributed by atoms with Crippen LogP contribution in [0.3, 0.4) is 0 Å². The first-order valence-electron chi connectivity index (χ1n) is 9.97. The molecule has 0 heterocycles. The van der Waals surface area contributed by atoms with Crippen LogP contribution >= 0.6 is 0 Å². The van der Waals surface area contributed by atoms with Gasteiger partial charge in [-0.15, -0.1) is 0 Å². The van der Waals surface area contributed by atoms with Crippen molar-refractivity contribution in [3.05, 3.63) is 83.4 Å². The van der Waals surface area contributed by atoms with E-state index in [0.717, 1.165) is 0 Å². The van der Waals surface area contributed by atoms with Crippen LogP contribution in [-0.2, 0) is 0 Å². The topological polar surface area (TPSA) is 80.3 Å². The lowest BCUT2D eigenvalue weighted by Gasteiger charge is -2.10. The third-order valence-corrected chi connectivity index (χ3v) is 4.80. The van der Waals surface area contributed by atoms with Gasteiger partial charge in [-0.2, -0.15) is 0 Å². The number of carbonyl (C=O) groups is 2. The second kappa shape index (κ2) is 10.9. The minimum atomic E-state index is -0.546. The van der Waals surface area contributed by atoms with Gasteiger partial charge in [-0.3, -0.25) is 4.79 Å². The Kier molecular flexibility index (Phi) is 7.70. The molecule has 7 nitrogen and oxygen atoms in total. The molecule has 0 aliphatic rings. The smallest absolute Gasteiger partial charge is 0.343 e. The molecule has 3 rings (SSSR count). The molecule has 0 N–H and O–H groups in total. The van der Waals surface area contributed by atoms with Gasteiger partial charge in [0, 0.05) is 0 Å². The van der Waals surface area contributed by atoms with Crippen molar-refractivity contribution >= 4 is 17.8 Å². The standard InChI is InChI=1S/C26H24O7/c1-29-19-7-5-6-18(15-19)26(28)33-24-12-9-17(14-25(24)32-4)8-11-22(27)21-16-20(30-2)10-13-23(21)31-3/h5-16H,1-4H3/b11-8+. The molecular formula is C26H24O7. The van der Waals surface area contributed by atoms with Crippen LogP contribution in [0.15, 0.2) is 66.7 Å². The van der Waals surface area contributed by atoms with Crippen LogP contribution in [0.1, 0.15) is 26.3 Å². The fraction of sp³-hybridized carbons (Fsp3) is 0.154. The van der Waals surface area contributed by atoms with Gasteiger partial charge in [0.2, 0.25) is 0 Å². The van der Waals surface area contributed by atoms with Gasteiger partial charge in [0.25, 0.3) is 0 Å². The molecule has 0 amide bonds. The van der Waals surface area contributed by atoms with E-state index in [1.165, 1.54) is 34.5 Å². The van der Waals surface area contributed by atoms with E-state index in [1.807, 2.05) is 0 Å². The summed E-state index contributed by atoms with van der Waals surface area (Å²) in [5, 5.41) is 0. The maximum atomic E-state index is 12.7. The van der Waals surface area contributed by atoms with Gasteiger partial charge in [0.15, 0.2) is 17.3 Å². The highest BCUT2D eigenvalue weighted by molar-refractivity contribution is 6.09. The second-order valence-electron chi connectivity index (χ2n) is 6.80. The minimum Gasteiger partial charge on any atom is -0.497 e. The number of benzene rings is 3. The van der Waals surface area contributed by atoms with Gasteiger partial charge in [-0.05, 0) is 60.2 Å². The van der Waals surface area contributed by atoms with E-state index < -0.39 is 5.97 Å². The summed E-state index contributed by atoms with van der Waals surface area (Å²) in [6, 6.07) is 16.7. The number of hydrogen-bond acceptors (Lipinski definition) is 7. The molecule has 33 heavy (non-hydrogen) atoms. The Balaban J connectivity index is 1.79. The van der Waals surface area contributed by atoms with Crippen LogP contribution in [0, 0.1) is 0 Å². The summed E-state index contributed by atoms with van der Waals surface area (Å²) in [7, 11) is 6.02. The average molecular weight is 448 g/mol. The molecule has 0 aliphatic carbocycles. The van der Waals surface area contributed by atoms with E-state index in [9.17, 15) is 9.59 Å². The van der Waals surface area contributed by atoms with Crippen molar-refractivity contribution in [2.75, 3.05) is 28.4 Å². The summed E-state index contributed by atoms with van der Waals surface area (Å²) in [5.41, 5.74) is 1.41. The van der Waals surface area contributed by atoms with Crippen LogP contribution in [0.4, 0.5) is 0 Å². The van der Waals surface area contributed by atoms with Gasteiger partial charge in [0.1, 0.15) is 17.2 Å². The predicted octanol–water partition coefficient (Wildman–Crippen LogP) is 4.84. The van der Waals surface area contributed by atoms with Crippen LogP contribution in [0.5, 0.6) is 28.7 Å². The molecule has 0 unspecified atom stereocenters. The van der Waals surface area contributed by atoms with Gasteiger partial charge in [-0.1, -0.05) is 18.2 Å². The van der Waals surface area contributed by atoms with E-state index in [1.54, 1.807) is 66.7 Å². The monoisotopic (exact) mass is 448 g/mol. The molecule has 3 aromatic carbocycles. The third-order valence-electron chi connectivity index (χ3n) is 4.80. The van der Waals surface area contributed by atoms with Gasteiger partial charge in [0.05, 0.1) is 39.6 Å². The summed E-state index contributed by atoms with van der Waals surface area (Å²) in [5.74, 6) is 1.35. The average Bonchev–Trinajstić information content (AvgIpc) is 2.87. The van der Waals surface area contributed by atoms with Crippen LogP contribution in [0.2, 0.25) is 0 Å². The number of ketones is 1. The highest BCUT2D eigenvalue weighted by atomic mass is 16.6. The van der Waals surface area contributed by atoms with E-state index in [4.69, 9.17) is 23.7 Å². The van der Waals surface area contributed by atoms with Crippen LogP contribution < -0.4 is 23.7 Å². The first kappa shape index (κ1) is 23.4. The zero-order valence-corrected chi connectivity index (χ0v) is 18.8. The first-order chi connectivity index (χ1) is 16.0. The number of carbonyl (C=O) groups excluding carboxylic acids is 2. The quantitative estimate of drug-likeness (QED) is 0.201. The number of rotatable bonds is 9. The zero-order chi connectivity index (χ0) is 23.8. The van der Waals surface area contributed by atoms with Crippen LogP contribution in [-0.4, -0.2) is 40.2 Å². The van der Waals surface area contributed by atoms with Crippen molar-refractivity contribution in [1.82, 2.24) is 0 Å². The van der Waals surface area contributed by atoms with Gasteiger partial charge < -0.3 is 23.7 Å². The lowest BCUT2D eigenvalue weighted by atomic mass is 10.1. The van der Waals surface area contributed by atoms with Crippen molar-refractivity contribution in [1.29, 1.82) is 0 Å². The maximum Gasteiger partial charge on any atom is 0.343 e. The molecule has 0 saturated carbocycles. The third kappa shape index (κ3) is 5.71. The molecule has 0 aromatic heterocycles. The summed E-state index contributed by atoms with van der Waals surface area (Å²) in [6.45, 7) is 0. The van der Waals surface area contributed by atoms with Crippen molar-refractivity contribution in [2.24, 2.45) is 0 Å². The Morgan fingerprint density at radius 3 is 2.09 bits per heavy atom. The molecule has 0 radical (unpaired) electrons. The first-order valence-corrected chi connectivity index (χ1v) is 9.97. The SMILES string of the molecule is COc1cccc(C(=O)Oc2ccc(/C=C/C(=O)c3cc(OC)ccc3OC)cc2OC)c1. The molecule has 7 heteroatoms. The van der Waals surface area contributed by atoms with Crippen molar-refractivity contribution in [3.8, 4) is 28.7 Å². The lowest BCUT2D eigenvalue weighted by molar-refractivity contribution is 0.0729. The Morgan fingerprint density at radius 2 is 1.39 bits per heavy atom. The fourth-order valence-corrected chi connectivity index (χ4v) is 3.05. The minimum absolute atomic E-state index is 0.252. The molecule has 0 saturated heterocycles. The van der Waals surface area contributed by atoms with Gasteiger partial charge >= 0.3 is 5.97 Å². The summed E-state index contributed by atoms with van der Waals surface area (Å²) in [4.78, 5) is 25.2. The van der Waals surface area contributed by atoms with Gasteiger partial charge in [-0.25, -0.2) is 4.79 Å². The Bertz CT molecular complexity index is 1180. The van der Waals surface area contributed by atoms with E-state index >= 15 is 0 Å².